The molecule has 0 fully saturated rings. The first-order chi connectivity index (χ1) is 17.2. The summed E-state index contributed by atoms with van der Waals surface area (Å²) in [6.45, 7) is 5.35. The van der Waals surface area contributed by atoms with Crippen LogP contribution in [0.4, 0.5) is 0 Å². The van der Waals surface area contributed by atoms with Gasteiger partial charge in [-0.2, -0.15) is 4.57 Å². The molecule has 1 N–H and O–H groups in total. The fourth-order valence-corrected chi connectivity index (χ4v) is 4.69. The molecule has 1 aromatic heterocycles. The first-order valence-corrected chi connectivity index (χ1v) is 12.5. The van der Waals surface area contributed by atoms with Crippen molar-refractivity contribution in [1.29, 1.82) is 0 Å². The van der Waals surface area contributed by atoms with Crippen LogP contribution in [0.3, 0.4) is 0 Å². The number of rotatable bonds is 8. The highest BCUT2D eigenvalue weighted by Crippen LogP contribution is 2.30. The Morgan fingerprint density at radius 2 is 1.89 bits per heavy atom. The summed E-state index contributed by atoms with van der Waals surface area (Å²) >= 11 is 0. The molecule has 4 rings (SSSR count). The lowest BCUT2D eigenvalue weighted by Crippen LogP contribution is -2.37. The summed E-state index contributed by atoms with van der Waals surface area (Å²) in [6, 6.07) is 17.5. The Morgan fingerprint density at radius 3 is 2.69 bits per heavy atom. The van der Waals surface area contributed by atoms with E-state index in [0.29, 0.717) is 0 Å². The maximum Gasteiger partial charge on any atom is 0.213 e. The van der Waals surface area contributed by atoms with Gasteiger partial charge in [0.1, 0.15) is 0 Å². The van der Waals surface area contributed by atoms with Crippen LogP contribution in [0.25, 0.3) is 22.4 Å². The fourth-order valence-electron chi connectivity index (χ4n) is 4.69. The summed E-state index contributed by atoms with van der Waals surface area (Å²) in [5.74, 6) is 0. The molecule has 0 unspecified atom stereocenters. The van der Waals surface area contributed by atoms with Crippen molar-refractivity contribution in [3.8, 4) is 0 Å². The number of allylic oxidation sites excluding steroid dienone is 7. The molecular weight excluding hydrogens is 428 g/mol. The first-order valence-electron chi connectivity index (χ1n) is 12.5. The minimum atomic E-state index is 0.176. The Hall–Kier alpha value is -3.56. The van der Waals surface area contributed by atoms with E-state index in [4.69, 9.17) is 0 Å². The monoisotopic (exact) mass is 463 g/mol. The number of hydrogen-bond acceptors (Lipinski definition) is 2. The molecule has 1 aliphatic rings. The van der Waals surface area contributed by atoms with Crippen LogP contribution >= 0.6 is 0 Å². The zero-order chi connectivity index (χ0) is 24.6. The third kappa shape index (κ3) is 5.58. The molecule has 35 heavy (non-hydrogen) atoms. The highest BCUT2D eigenvalue weighted by Gasteiger charge is 2.16. The second kappa shape index (κ2) is 11.7. The maximum absolute atomic E-state index is 9.46. The average Bonchev–Trinajstić information content (AvgIpc) is 2.90. The molecule has 0 amide bonds. The van der Waals surface area contributed by atoms with E-state index in [1.54, 1.807) is 0 Å². The molecule has 0 aliphatic heterocycles. The van der Waals surface area contributed by atoms with Gasteiger partial charge in [0, 0.05) is 37.8 Å². The Bertz CT molecular complexity index is 1360. The van der Waals surface area contributed by atoms with Gasteiger partial charge in [-0.1, -0.05) is 68.0 Å². The number of aliphatic imine (C=N–C) groups is 1. The Morgan fingerprint density at radius 1 is 1.06 bits per heavy atom. The molecule has 1 heterocycles. The summed E-state index contributed by atoms with van der Waals surface area (Å²) in [6.07, 6.45) is 17.9. The Balaban J connectivity index is 1.93. The number of aliphatic hydroxyl groups excluding tert-OH is 1. The standard InChI is InChI=1S/C32H35N2O/c1-4-10-25-16-15-24(2)30(23-25)28(29-13-7-8-14-31(29)33-3)17-18-32-27-12-6-5-11-26(27)19-21-34(32)20-9-22-35/h5-8,11-19,21,23,35H,4,9-10,20,22H2,1-3H3/q+1/b18-17+,29-28-,33-31?. The third-order valence-corrected chi connectivity index (χ3v) is 6.51. The highest BCUT2D eigenvalue weighted by atomic mass is 16.3. The van der Waals surface area contributed by atoms with Crippen LogP contribution in [-0.4, -0.2) is 24.5 Å². The van der Waals surface area contributed by atoms with Crippen molar-refractivity contribution in [2.45, 2.75) is 39.7 Å². The van der Waals surface area contributed by atoms with Gasteiger partial charge in [-0.15, -0.1) is 0 Å². The molecule has 0 spiro atoms. The van der Waals surface area contributed by atoms with Gasteiger partial charge in [-0.3, -0.25) is 4.99 Å². The lowest BCUT2D eigenvalue weighted by molar-refractivity contribution is -0.697. The van der Waals surface area contributed by atoms with Gasteiger partial charge in [-0.05, 0) is 59.2 Å². The van der Waals surface area contributed by atoms with Gasteiger partial charge in [0.2, 0.25) is 5.69 Å². The minimum absolute atomic E-state index is 0.176. The number of hydrogen-bond donors (Lipinski definition) is 1. The molecule has 0 atom stereocenters. The van der Waals surface area contributed by atoms with E-state index in [9.17, 15) is 5.11 Å². The molecular formula is C32H35N2O+. The van der Waals surface area contributed by atoms with Crippen molar-refractivity contribution >= 4 is 28.1 Å². The van der Waals surface area contributed by atoms with E-state index in [-0.39, 0.29) is 6.61 Å². The van der Waals surface area contributed by atoms with E-state index < -0.39 is 0 Å². The van der Waals surface area contributed by atoms with E-state index in [1.807, 2.05) is 13.1 Å². The van der Waals surface area contributed by atoms with Crippen LogP contribution in [0.1, 0.15) is 42.1 Å². The number of benzene rings is 2. The number of pyridine rings is 1. The minimum Gasteiger partial charge on any atom is -0.396 e. The number of aryl methyl sites for hydroxylation is 3. The van der Waals surface area contributed by atoms with E-state index in [0.717, 1.165) is 42.8 Å². The van der Waals surface area contributed by atoms with Gasteiger partial charge in [0.15, 0.2) is 12.7 Å². The first kappa shape index (κ1) is 24.6. The van der Waals surface area contributed by atoms with E-state index in [1.165, 1.54) is 33.0 Å². The zero-order valence-electron chi connectivity index (χ0n) is 21.0. The van der Waals surface area contributed by atoms with Crippen LogP contribution in [0.15, 0.2) is 95.7 Å². The summed E-state index contributed by atoms with van der Waals surface area (Å²) in [5.41, 5.74) is 8.27. The molecule has 178 valence electrons. The second-order valence-electron chi connectivity index (χ2n) is 8.95. The number of aliphatic hydroxyl groups is 1. The summed E-state index contributed by atoms with van der Waals surface area (Å²) in [5, 5.41) is 11.9. The quantitative estimate of drug-likeness (QED) is 0.384. The van der Waals surface area contributed by atoms with Gasteiger partial charge in [-0.25, -0.2) is 0 Å². The van der Waals surface area contributed by atoms with Crippen LogP contribution in [0, 0.1) is 6.92 Å². The van der Waals surface area contributed by atoms with Crippen LogP contribution < -0.4 is 4.57 Å². The molecule has 1 aliphatic carbocycles. The summed E-state index contributed by atoms with van der Waals surface area (Å²) in [7, 11) is 1.86. The van der Waals surface area contributed by atoms with Gasteiger partial charge in [0.25, 0.3) is 0 Å². The largest absolute Gasteiger partial charge is 0.396 e. The van der Waals surface area contributed by atoms with Crippen molar-refractivity contribution in [3.63, 3.8) is 0 Å². The molecule has 0 saturated carbocycles. The topological polar surface area (TPSA) is 36.5 Å². The van der Waals surface area contributed by atoms with E-state index >= 15 is 0 Å². The molecule has 0 radical (unpaired) electrons. The molecule has 0 saturated heterocycles. The van der Waals surface area contributed by atoms with Gasteiger partial charge < -0.3 is 5.11 Å². The van der Waals surface area contributed by atoms with Crippen molar-refractivity contribution in [2.24, 2.45) is 4.99 Å². The van der Waals surface area contributed by atoms with Crippen molar-refractivity contribution in [1.82, 2.24) is 0 Å². The Labute approximate surface area is 209 Å². The number of fused-ring (bicyclic) bond motifs is 1. The van der Waals surface area contributed by atoms with Gasteiger partial charge >= 0.3 is 0 Å². The number of aromatic nitrogens is 1. The number of nitrogens with zero attached hydrogens (tertiary/aromatic N) is 2. The predicted molar refractivity (Wildman–Crippen MR) is 149 cm³/mol. The summed E-state index contributed by atoms with van der Waals surface area (Å²) in [4.78, 5) is 4.58. The third-order valence-electron chi connectivity index (χ3n) is 6.51. The van der Waals surface area contributed by atoms with Gasteiger partial charge in [0.05, 0.1) is 11.1 Å². The predicted octanol–water partition coefficient (Wildman–Crippen LogP) is 6.43. The molecule has 3 nitrogen and oxygen atoms in total. The fraction of sp³-hybridized carbons (Fsp3) is 0.250. The molecule has 0 bridgehead atoms. The summed E-state index contributed by atoms with van der Waals surface area (Å²) < 4.78 is 2.24. The highest BCUT2D eigenvalue weighted by molar-refractivity contribution is 6.17. The SMILES string of the molecule is CCCc1ccc(C)c(C(/C=C/c2c3ccccc3cc[n+]2CCCO)=C2/C=CC=CC2=NC)c1. The lowest BCUT2D eigenvalue weighted by Gasteiger charge is -2.16. The maximum atomic E-state index is 9.46. The van der Waals surface area contributed by atoms with Crippen LogP contribution in [-0.2, 0) is 13.0 Å². The van der Waals surface area contributed by atoms with Crippen molar-refractivity contribution < 1.29 is 9.67 Å². The normalized spacial score (nSPS) is 16.1. The average molecular weight is 464 g/mol. The van der Waals surface area contributed by atoms with Crippen LogP contribution in [0.5, 0.6) is 0 Å². The van der Waals surface area contributed by atoms with Crippen molar-refractivity contribution in [3.05, 3.63) is 113 Å². The molecule has 2 aromatic carbocycles. The van der Waals surface area contributed by atoms with E-state index in [2.05, 4.69) is 109 Å². The second-order valence-corrected chi connectivity index (χ2v) is 8.95. The molecule has 3 aromatic rings. The lowest BCUT2D eigenvalue weighted by atomic mass is 9.89. The van der Waals surface area contributed by atoms with Crippen LogP contribution in [0.2, 0.25) is 0 Å². The molecule has 3 heteroatoms. The Kier molecular flexibility index (Phi) is 8.23. The van der Waals surface area contributed by atoms with Crippen molar-refractivity contribution in [2.75, 3.05) is 13.7 Å². The zero-order valence-corrected chi connectivity index (χ0v) is 21.0. The smallest absolute Gasteiger partial charge is 0.213 e.